The number of hydrogen-bond donors (Lipinski definition) is 3. The van der Waals surface area contributed by atoms with E-state index in [0.717, 1.165) is 5.75 Å². The van der Waals surface area contributed by atoms with Crippen LogP contribution >= 0.6 is 0 Å². The van der Waals surface area contributed by atoms with E-state index < -0.39 is 12.0 Å². The van der Waals surface area contributed by atoms with Crippen molar-refractivity contribution in [1.82, 2.24) is 5.32 Å². The van der Waals surface area contributed by atoms with Crippen molar-refractivity contribution < 1.29 is 14.6 Å². The molecule has 1 atom stereocenters. The third kappa shape index (κ3) is 5.65. The van der Waals surface area contributed by atoms with Crippen LogP contribution in [0.25, 0.3) is 0 Å². The van der Waals surface area contributed by atoms with Gasteiger partial charge in [-0.1, -0.05) is 17.7 Å². The van der Waals surface area contributed by atoms with E-state index in [4.69, 9.17) is 15.6 Å². The van der Waals surface area contributed by atoms with E-state index in [1.807, 2.05) is 31.2 Å². The van der Waals surface area contributed by atoms with Crippen molar-refractivity contribution in [3.63, 3.8) is 0 Å². The van der Waals surface area contributed by atoms with Crippen molar-refractivity contribution in [1.29, 1.82) is 0 Å². The number of carbonyl (C=O) groups is 1. The number of aryl methyl sites for hydroxylation is 1. The average molecular weight is 252 g/mol. The smallest absolute Gasteiger partial charge is 0.320 e. The fourth-order valence-electron chi connectivity index (χ4n) is 1.38. The number of benzene rings is 1. The largest absolute Gasteiger partial charge is 0.492 e. The molecule has 1 aromatic rings. The summed E-state index contributed by atoms with van der Waals surface area (Å²) in [5.74, 6) is -0.127. The van der Waals surface area contributed by atoms with E-state index in [0.29, 0.717) is 26.1 Å². The quantitative estimate of drug-likeness (QED) is 0.595. The van der Waals surface area contributed by atoms with Gasteiger partial charge in [-0.15, -0.1) is 0 Å². The zero-order valence-electron chi connectivity index (χ0n) is 10.6. The summed E-state index contributed by atoms with van der Waals surface area (Å²) in [6, 6.07) is 7.05. The van der Waals surface area contributed by atoms with Gasteiger partial charge in [0.25, 0.3) is 0 Å². The topological polar surface area (TPSA) is 84.6 Å². The van der Waals surface area contributed by atoms with Crippen molar-refractivity contribution in [3.8, 4) is 5.75 Å². The molecule has 18 heavy (non-hydrogen) atoms. The zero-order valence-corrected chi connectivity index (χ0v) is 10.6. The standard InChI is InChI=1S/C13H20N2O3/c1-10-2-4-11(5-3-10)18-9-8-15-7-6-12(14)13(16)17/h2-5,12,15H,6-9,14H2,1H3,(H,16,17)/t12-/m1/s1. The normalized spacial score (nSPS) is 12.1. The summed E-state index contributed by atoms with van der Waals surface area (Å²) in [6.45, 7) is 3.81. The molecular formula is C13H20N2O3. The van der Waals surface area contributed by atoms with Crippen LogP contribution in [0.15, 0.2) is 24.3 Å². The highest BCUT2D eigenvalue weighted by molar-refractivity contribution is 5.72. The maximum atomic E-state index is 10.5. The van der Waals surface area contributed by atoms with Crippen LogP contribution in [0.4, 0.5) is 0 Å². The van der Waals surface area contributed by atoms with Crippen LogP contribution in [0.2, 0.25) is 0 Å². The molecule has 0 radical (unpaired) electrons. The molecule has 4 N–H and O–H groups in total. The SMILES string of the molecule is Cc1ccc(OCCNCC[C@@H](N)C(=O)O)cc1. The molecule has 0 amide bonds. The van der Waals surface area contributed by atoms with Crippen LogP contribution in [-0.2, 0) is 4.79 Å². The molecule has 100 valence electrons. The lowest BCUT2D eigenvalue weighted by Gasteiger charge is -2.09. The number of carboxylic acids is 1. The fourth-order valence-corrected chi connectivity index (χ4v) is 1.38. The Morgan fingerprint density at radius 2 is 2.06 bits per heavy atom. The summed E-state index contributed by atoms with van der Waals surface area (Å²) >= 11 is 0. The van der Waals surface area contributed by atoms with Crippen molar-refractivity contribution in [2.45, 2.75) is 19.4 Å². The number of nitrogens with two attached hydrogens (primary N) is 1. The molecule has 0 bridgehead atoms. The van der Waals surface area contributed by atoms with Crippen LogP contribution in [0.1, 0.15) is 12.0 Å². The highest BCUT2D eigenvalue weighted by Crippen LogP contribution is 2.10. The van der Waals surface area contributed by atoms with Crippen molar-refractivity contribution >= 4 is 5.97 Å². The lowest BCUT2D eigenvalue weighted by atomic mass is 10.2. The van der Waals surface area contributed by atoms with Crippen molar-refractivity contribution in [3.05, 3.63) is 29.8 Å². The van der Waals surface area contributed by atoms with Crippen molar-refractivity contribution in [2.24, 2.45) is 5.73 Å². The maximum Gasteiger partial charge on any atom is 0.320 e. The Hall–Kier alpha value is -1.59. The first-order chi connectivity index (χ1) is 8.59. The molecule has 0 aromatic heterocycles. The lowest BCUT2D eigenvalue weighted by molar-refractivity contribution is -0.138. The summed E-state index contributed by atoms with van der Waals surface area (Å²) < 4.78 is 5.51. The highest BCUT2D eigenvalue weighted by Gasteiger charge is 2.09. The Bertz CT molecular complexity index is 365. The van der Waals surface area contributed by atoms with Crippen molar-refractivity contribution in [2.75, 3.05) is 19.7 Å². The van der Waals surface area contributed by atoms with Crippen LogP contribution in [0.3, 0.4) is 0 Å². The van der Waals surface area contributed by atoms with E-state index >= 15 is 0 Å². The second kappa shape index (κ2) is 7.68. The van der Waals surface area contributed by atoms with Gasteiger partial charge in [0, 0.05) is 6.54 Å². The summed E-state index contributed by atoms with van der Waals surface area (Å²) in [7, 11) is 0. The van der Waals surface area contributed by atoms with Gasteiger partial charge in [-0.2, -0.15) is 0 Å². The van der Waals surface area contributed by atoms with Crippen LogP contribution in [-0.4, -0.2) is 36.8 Å². The summed E-state index contributed by atoms with van der Waals surface area (Å²) in [6.07, 6.45) is 0.417. The van der Waals surface area contributed by atoms with Gasteiger partial charge >= 0.3 is 5.97 Å². The van der Waals surface area contributed by atoms with Gasteiger partial charge in [0.05, 0.1) is 0 Å². The van der Waals surface area contributed by atoms with Gasteiger partial charge in [0.1, 0.15) is 18.4 Å². The van der Waals surface area contributed by atoms with Gasteiger partial charge in [-0.3, -0.25) is 4.79 Å². The monoisotopic (exact) mass is 252 g/mol. The predicted octanol–water partition coefficient (Wildman–Crippen LogP) is 0.765. The first kappa shape index (κ1) is 14.5. The number of carboxylic acid groups (broad SMARTS) is 1. The van der Waals surface area contributed by atoms with E-state index in [9.17, 15) is 4.79 Å². The molecule has 0 saturated heterocycles. The number of rotatable bonds is 8. The van der Waals surface area contributed by atoms with E-state index in [1.165, 1.54) is 5.56 Å². The summed E-state index contributed by atoms with van der Waals surface area (Å²) in [5, 5.41) is 11.7. The van der Waals surface area contributed by atoms with E-state index in [1.54, 1.807) is 0 Å². The van der Waals surface area contributed by atoms with Gasteiger partial charge < -0.3 is 20.9 Å². The first-order valence-corrected chi connectivity index (χ1v) is 5.98. The third-order valence-electron chi connectivity index (χ3n) is 2.52. The molecule has 0 heterocycles. The van der Waals surface area contributed by atoms with Gasteiger partial charge in [-0.25, -0.2) is 0 Å². The minimum absolute atomic E-state index is 0.417. The number of nitrogens with one attached hydrogen (secondary N) is 1. The second-order valence-electron chi connectivity index (χ2n) is 4.14. The summed E-state index contributed by atoms with van der Waals surface area (Å²) in [5.41, 5.74) is 6.56. The Morgan fingerprint density at radius 3 is 2.67 bits per heavy atom. The minimum atomic E-state index is -0.965. The van der Waals surface area contributed by atoms with Gasteiger partial charge in [0.2, 0.25) is 0 Å². The molecule has 0 spiro atoms. The zero-order chi connectivity index (χ0) is 13.4. The molecular weight excluding hydrogens is 232 g/mol. The number of ether oxygens (including phenoxy) is 1. The third-order valence-corrected chi connectivity index (χ3v) is 2.52. The molecule has 0 aliphatic carbocycles. The van der Waals surface area contributed by atoms with Gasteiger partial charge in [0.15, 0.2) is 0 Å². The molecule has 0 saturated carbocycles. The van der Waals surface area contributed by atoms with Gasteiger partial charge in [-0.05, 0) is 32.0 Å². The Kier molecular flexibility index (Phi) is 6.18. The molecule has 5 nitrogen and oxygen atoms in total. The molecule has 0 aliphatic heterocycles. The van der Waals surface area contributed by atoms with Crippen LogP contribution in [0, 0.1) is 6.92 Å². The number of aliphatic carboxylic acids is 1. The molecule has 0 unspecified atom stereocenters. The second-order valence-corrected chi connectivity index (χ2v) is 4.14. The Labute approximate surface area is 107 Å². The predicted molar refractivity (Wildman–Crippen MR) is 69.8 cm³/mol. The fraction of sp³-hybridized carbons (Fsp3) is 0.462. The minimum Gasteiger partial charge on any atom is -0.492 e. The molecule has 5 heteroatoms. The highest BCUT2D eigenvalue weighted by atomic mass is 16.5. The first-order valence-electron chi connectivity index (χ1n) is 5.98. The number of hydrogen-bond acceptors (Lipinski definition) is 4. The molecule has 0 aliphatic rings. The lowest BCUT2D eigenvalue weighted by Crippen LogP contribution is -2.34. The average Bonchev–Trinajstić information content (AvgIpc) is 2.35. The molecule has 1 rings (SSSR count). The summed E-state index contributed by atoms with van der Waals surface area (Å²) in [4.78, 5) is 10.5. The van der Waals surface area contributed by atoms with Crippen LogP contribution in [0.5, 0.6) is 5.75 Å². The van der Waals surface area contributed by atoms with E-state index in [2.05, 4.69) is 5.32 Å². The van der Waals surface area contributed by atoms with Crippen LogP contribution < -0.4 is 15.8 Å². The van der Waals surface area contributed by atoms with E-state index in [-0.39, 0.29) is 0 Å². The Morgan fingerprint density at radius 1 is 1.39 bits per heavy atom. The molecule has 0 fully saturated rings. The Balaban J connectivity index is 2.05. The molecule has 1 aromatic carbocycles. The maximum absolute atomic E-state index is 10.5.